The van der Waals surface area contributed by atoms with Crippen LogP contribution in [0.5, 0.6) is 0 Å². The van der Waals surface area contributed by atoms with Gasteiger partial charge in [0.2, 0.25) is 5.43 Å². The van der Waals surface area contributed by atoms with Gasteiger partial charge in [0.05, 0.1) is 5.39 Å². The Labute approximate surface area is 175 Å². The van der Waals surface area contributed by atoms with Gasteiger partial charge in [-0.1, -0.05) is 12.1 Å². The summed E-state index contributed by atoms with van der Waals surface area (Å²) < 4.78 is 15.0. The zero-order chi connectivity index (χ0) is 21.4. The average molecular weight is 410 g/mol. The van der Waals surface area contributed by atoms with E-state index in [2.05, 4.69) is 15.3 Å². The molecule has 0 aliphatic carbocycles. The SMILES string of the molecule is O=C(Nc1cccc2cnccc12)c1cn(-c2ccc(F)cc2)c2ncccc2c1=O. The molecule has 31 heavy (non-hydrogen) atoms. The third-order valence-corrected chi connectivity index (χ3v) is 5.04. The number of benzene rings is 2. The molecule has 0 aliphatic heterocycles. The van der Waals surface area contributed by atoms with E-state index in [1.807, 2.05) is 6.07 Å². The van der Waals surface area contributed by atoms with Crippen LogP contribution in [0, 0.1) is 5.82 Å². The Bertz CT molecular complexity index is 1510. The number of nitrogens with zero attached hydrogens (tertiary/aromatic N) is 3. The molecular weight excluding hydrogens is 395 g/mol. The van der Waals surface area contributed by atoms with Crippen molar-refractivity contribution in [2.24, 2.45) is 0 Å². The van der Waals surface area contributed by atoms with Crippen LogP contribution in [-0.4, -0.2) is 20.4 Å². The average Bonchev–Trinajstić information content (AvgIpc) is 2.80. The molecule has 1 amide bonds. The molecule has 0 saturated heterocycles. The van der Waals surface area contributed by atoms with Crippen LogP contribution < -0.4 is 10.7 Å². The fourth-order valence-electron chi connectivity index (χ4n) is 3.54. The van der Waals surface area contributed by atoms with Crippen molar-refractivity contribution in [2.75, 3.05) is 5.32 Å². The number of amides is 1. The van der Waals surface area contributed by atoms with Crippen LogP contribution in [0.3, 0.4) is 0 Å². The number of anilines is 1. The van der Waals surface area contributed by atoms with Gasteiger partial charge >= 0.3 is 0 Å². The molecule has 0 atom stereocenters. The Morgan fingerprint density at radius 2 is 1.77 bits per heavy atom. The van der Waals surface area contributed by atoms with Crippen molar-refractivity contribution in [2.45, 2.75) is 0 Å². The van der Waals surface area contributed by atoms with Gasteiger partial charge in [-0.05, 0) is 48.5 Å². The second kappa shape index (κ2) is 7.46. The van der Waals surface area contributed by atoms with E-state index >= 15 is 0 Å². The first-order valence-corrected chi connectivity index (χ1v) is 9.52. The molecule has 0 spiro atoms. The zero-order valence-corrected chi connectivity index (χ0v) is 16.1. The van der Waals surface area contributed by atoms with Gasteiger partial charge in [-0.3, -0.25) is 14.6 Å². The molecule has 0 aliphatic rings. The monoisotopic (exact) mass is 410 g/mol. The first-order valence-electron chi connectivity index (χ1n) is 9.52. The highest BCUT2D eigenvalue weighted by molar-refractivity contribution is 6.09. The van der Waals surface area contributed by atoms with E-state index in [-0.39, 0.29) is 11.4 Å². The lowest BCUT2D eigenvalue weighted by atomic mass is 10.1. The Balaban J connectivity index is 1.66. The van der Waals surface area contributed by atoms with E-state index in [1.54, 1.807) is 65.6 Å². The minimum Gasteiger partial charge on any atom is -0.321 e. The fraction of sp³-hybridized carbons (Fsp3) is 0. The predicted octanol–water partition coefficient (Wildman–Crippen LogP) is 4.33. The summed E-state index contributed by atoms with van der Waals surface area (Å²) >= 11 is 0. The Morgan fingerprint density at radius 3 is 2.61 bits per heavy atom. The molecule has 2 aromatic carbocycles. The second-order valence-electron chi connectivity index (χ2n) is 6.95. The van der Waals surface area contributed by atoms with Crippen molar-refractivity contribution in [1.82, 2.24) is 14.5 Å². The molecule has 3 heterocycles. The van der Waals surface area contributed by atoms with Crippen LogP contribution in [0.15, 0.2) is 90.2 Å². The topological polar surface area (TPSA) is 76.9 Å². The second-order valence-corrected chi connectivity index (χ2v) is 6.95. The first kappa shape index (κ1) is 18.6. The zero-order valence-electron chi connectivity index (χ0n) is 16.1. The molecule has 0 saturated carbocycles. The first-order chi connectivity index (χ1) is 15.1. The Hall–Kier alpha value is -4.39. The molecule has 150 valence electrons. The number of nitrogens with one attached hydrogen (secondary N) is 1. The van der Waals surface area contributed by atoms with Crippen molar-refractivity contribution in [3.63, 3.8) is 0 Å². The highest BCUT2D eigenvalue weighted by Gasteiger charge is 2.18. The third-order valence-electron chi connectivity index (χ3n) is 5.04. The lowest BCUT2D eigenvalue weighted by Crippen LogP contribution is -2.24. The largest absolute Gasteiger partial charge is 0.321 e. The third kappa shape index (κ3) is 3.32. The van der Waals surface area contributed by atoms with E-state index in [0.29, 0.717) is 22.4 Å². The van der Waals surface area contributed by atoms with E-state index in [9.17, 15) is 14.0 Å². The van der Waals surface area contributed by atoms with Gasteiger partial charge in [0.15, 0.2) is 0 Å². The van der Waals surface area contributed by atoms with Crippen LogP contribution in [0.2, 0.25) is 0 Å². The maximum absolute atomic E-state index is 13.4. The van der Waals surface area contributed by atoms with Gasteiger partial charge in [-0.25, -0.2) is 9.37 Å². The van der Waals surface area contributed by atoms with Crippen LogP contribution >= 0.6 is 0 Å². The Kier molecular flexibility index (Phi) is 4.48. The van der Waals surface area contributed by atoms with E-state index in [1.165, 1.54) is 18.3 Å². The number of fused-ring (bicyclic) bond motifs is 2. The normalized spacial score (nSPS) is 11.0. The number of carbonyl (C=O) groups excluding carboxylic acids is 1. The number of halogens is 1. The number of rotatable bonds is 3. The molecule has 3 aromatic heterocycles. The summed E-state index contributed by atoms with van der Waals surface area (Å²) in [6.07, 6.45) is 6.34. The number of pyridine rings is 3. The van der Waals surface area contributed by atoms with Crippen LogP contribution in [0.25, 0.3) is 27.5 Å². The lowest BCUT2D eigenvalue weighted by molar-refractivity contribution is 0.102. The highest BCUT2D eigenvalue weighted by atomic mass is 19.1. The molecule has 1 N–H and O–H groups in total. The number of hydrogen-bond donors (Lipinski definition) is 1. The van der Waals surface area contributed by atoms with Crippen molar-refractivity contribution < 1.29 is 9.18 Å². The molecule has 0 radical (unpaired) electrons. The van der Waals surface area contributed by atoms with Gasteiger partial charge in [-0.15, -0.1) is 0 Å². The standard InChI is InChI=1S/C24H15FN4O2/c25-16-6-8-17(9-7-16)29-14-20(22(30)19-4-2-11-27-23(19)29)24(31)28-21-5-1-3-15-13-26-12-10-18(15)21/h1-14H,(H,28,31). The summed E-state index contributed by atoms with van der Waals surface area (Å²) in [6, 6.07) is 16.3. The van der Waals surface area contributed by atoms with Gasteiger partial charge in [0.25, 0.3) is 5.91 Å². The summed E-state index contributed by atoms with van der Waals surface area (Å²) in [4.78, 5) is 34.6. The van der Waals surface area contributed by atoms with Crippen molar-refractivity contribution in [1.29, 1.82) is 0 Å². The minimum atomic E-state index is -0.545. The fourth-order valence-corrected chi connectivity index (χ4v) is 3.54. The smallest absolute Gasteiger partial charge is 0.261 e. The van der Waals surface area contributed by atoms with Crippen LogP contribution in [0.4, 0.5) is 10.1 Å². The summed E-state index contributed by atoms with van der Waals surface area (Å²) in [5, 5.41) is 4.81. The summed E-state index contributed by atoms with van der Waals surface area (Å²) in [6.45, 7) is 0. The van der Waals surface area contributed by atoms with Crippen molar-refractivity contribution in [3.05, 3.63) is 107 Å². The molecule has 7 heteroatoms. The minimum absolute atomic E-state index is 0.0455. The van der Waals surface area contributed by atoms with E-state index in [0.717, 1.165) is 10.8 Å². The quantitative estimate of drug-likeness (QED) is 0.480. The van der Waals surface area contributed by atoms with Gasteiger partial charge in [0.1, 0.15) is 17.0 Å². The highest BCUT2D eigenvalue weighted by Crippen LogP contribution is 2.23. The molecule has 6 nitrogen and oxygen atoms in total. The van der Waals surface area contributed by atoms with Crippen molar-refractivity contribution >= 4 is 33.4 Å². The van der Waals surface area contributed by atoms with Gasteiger partial charge < -0.3 is 9.88 Å². The lowest BCUT2D eigenvalue weighted by Gasteiger charge is -2.13. The number of aromatic nitrogens is 3. The summed E-state index contributed by atoms with van der Waals surface area (Å²) in [7, 11) is 0. The molecule has 5 aromatic rings. The summed E-state index contributed by atoms with van der Waals surface area (Å²) in [5.74, 6) is -0.929. The number of hydrogen-bond acceptors (Lipinski definition) is 4. The maximum atomic E-state index is 13.4. The molecule has 0 unspecified atom stereocenters. The predicted molar refractivity (Wildman–Crippen MR) is 117 cm³/mol. The maximum Gasteiger partial charge on any atom is 0.261 e. The van der Waals surface area contributed by atoms with Crippen LogP contribution in [-0.2, 0) is 0 Å². The molecule has 0 fully saturated rings. The summed E-state index contributed by atoms with van der Waals surface area (Å²) in [5.41, 5.74) is 1.06. The van der Waals surface area contributed by atoms with Crippen molar-refractivity contribution in [3.8, 4) is 5.69 Å². The molecule has 0 bridgehead atoms. The van der Waals surface area contributed by atoms with Gasteiger partial charge in [0, 0.05) is 46.9 Å². The molecule has 5 rings (SSSR count). The van der Waals surface area contributed by atoms with Crippen LogP contribution in [0.1, 0.15) is 10.4 Å². The number of carbonyl (C=O) groups is 1. The molecular formula is C24H15FN4O2. The van der Waals surface area contributed by atoms with E-state index in [4.69, 9.17) is 0 Å². The van der Waals surface area contributed by atoms with Gasteiger partial charge in [-0.2, -0.15) is 0 Å². The Morgan fingerprint density at radius 1 is 0.935 bits per heavy atom. The van der Waals surface area contributed by atoms with E-state index < -0.39 is 11.3 Å².